The van der Waals surface area contributed by atoms with Gasteiger partial charge < -0.3 is 10.1 Å². The van der Waals surface area contributed by atoms with Crippen LogP contribution >= 0.6 is 15.9 Å². The molecule has 2 N–H and O–H groups in total. The first-order valence-electron chi connectivity index (χ1n) is 4.59. The molecule has 1 aromatic carbocycles. The number of aromatic amines is 1. The highest BCUT2D eigenvalue weighted by molar-refractivity contribution is 9.10. The maximum absolute atomic E-state index is 10.8. The van der Waals surface area contributed by atoms with Crippen LogP contribution in [0.2, 0.25) is 0 Å². The Labute approximate surface area is 95.2 Å². The molecule has 0 aliphatic carbocycles. The highest BCUT2D eigenvalue weighted by Gasteiger charge is 2.14. The van der Waals surface area contributed by atoms with E-state index in [1.165, 1.54) is 0 Å². The van der Waals surface area contributed by atoms with E-state index in [-0.39, 0.29) is 0 Å². The average molecular weight is 268 g/mol. The fourth-order valence-electron chi connectivity index (χ4n) is 1.52. The molecule has 0 amide bonds. The molecule has 0 bridgehead atoms. The van der Waals surface area contributed by atoms with Crippen molar-refractivity contribution in [2.75, 3.05) is 0 Å². The van der Waals surface area contributed by atoms with Gasteiger partial charge in [0.2, 0.25) is 0 Å². The molecule has 3 nitrogen and oxygen atoms in total. The summed E-state index contributed by atoms with van der Waals surface area (Å²) in [5.74, 6) is -1.28. The van der Waals surface area contributed by atoms with Gasteiger partial charge in [-0.05, 0) is 34.5 Å². The number of benzene rings is 1. The second kappa shape index (κ2) is 3.70. The lowest BCUT2D eigenvalue weighted by Crippen LogP contribution is -2.06. The van der Waals surface area contributed by atoms with Gasteiger partial charge in [-0.15, -0.1) is 0 Å². The van der Waals surface area contributed by atoms with Gasteiger partial charge in [-0.2, -0.15) is 0 Å². The van der Waals surface area contributed by atoms with Crippen LogP contribution < -0.4 is 0 Å². The highest BCUT2D eigenvalue weighted by atomic mass is 79.9. The topological polar surface area (TPSA) is 53.1 Å². The van der Waals surface area contributed by atoms with Gasteiger partial charge >= 0.3 is 5.97 Å². The molecule has 2 aromatic rings. The number of carboxylic acids is 1. The van der Waals surface area contributed by atoms with Gasteiger partial charge in [-0.25, -0.2) is 0 Å². The zero-order valence-corrected chi connectivity index (χ0v) is 9.71. The summed E-state index contributed by atoms with van der Waals surface area (Å²) in [5.41, 5.74) is 1.76. The Morgan fingerprint density at radius 2 is 2.27 bits per heavy atom. The van der Waals surface area contributed by atoms with Crippen LogP contribution in [0, 0.1) is 0 Å². The number of nitrogens with one attached hydrogen (secondary N) is 1. The number of rotatable bonds is 2. The third kappa shape index (κ3) is 1.77. The molecule has 0 radical (unpaired) electrons. The molecule has 78 valence electrons. The molecule has 0 fully saturated rings. The first kappa shape index (κ1) is 10.2. The number of aromatic nitrogens is 1. The van der Waals surface area contributed by atoms with Crippen LogP contribution in [0.4, 0.5) is 0 Å². The lowest BCUT2D eigenvalue weighted by Gasteiger charge is -2.06. The fraction of sp³-hybridized carbons (Fsp3) is 0.182. The van der Waals surface area contributed by atoms with Gasteiger partial charge in [0.15, 0.2) is 0 Å². The number of aliphatic carboxylic acids is 1. The minimum atomic E-state index is -0.806. The zero-order chi connectivity index (χ0) is 11.0. The fourth-order valence-corrected chi connectivity index (χ4v) is 1.98. The maximum Gasteiger partial charge on any atom is 0.310 e. The molecular weight excluding hydrogens is 258 g/mol. The van der Waals surface area contributed by atoms with E-state index < -0.39 is 11.9 Å². The van der Waals surface area contributed by atoms with Crippen molar-refractivity contribution in [3.05, 3.63) is 34.4 Å². The van der Waals surface area contributed by atoms with E-state index in [1.54, 1.807) is 6.92 Å². The van der Waals surface area contributed by atoms with E-state index >= 15 is 0 Å². The van der Waals surface area contributed by atoms with Crippen LogP contribution in [0.25, 0.3) is 10.9 Å². The van der Waals surface area contributed by atoms with E-state index in [1.807, 2.05) is 24.4 Å². The molecule has 0 aliphatic rings. The number of carboxylic acid groups (broad SMARTS) is 1. The Bertz CT molecular complexity index is 518. The summed E-state index contributed by atoms with van der Waals surface area (Å²) in [7, 11) is 0. The van der Waals surface area contributed by atoms with Crippen molar-refractivity contribution in [2.24, 2.45) is 0 Å². The summed E-state index contributed by atoms with van der Waals surface area (Å²) >= 11 is 3.41. The van der Waals surface area contributed by atoms with Gasteiger partial charge in [-0.3, -0.25) is 4.79 Å². The molecule has 0 spiro atoms. The van der Waals surface area contributed by atoms with Crippen molar-refractivity contribution in [1.29, 1.82) is 0 Å². The predicted molar refractivity (Wildman–Crippen MR) is 62.0 cm³/mol. The van der Waals surface area contributed by atoms with Crippen LogP contribution in [0.15, 0.2) is 28.9 Å². The summed E-state index contributed by atoms with van der Waals surface area (Å²) < 4.78 is 0.993. The summed E-state index contributed by atoms with van der Waals surface area (Å²) in [6, 6.07) is 5.64. The molecule has 4 heteroatoms. The Morgan fingerprint density at radius 1 is 1.53 bits per heavy atom. The number of hydrogen-bond acceptors (Lipinski definition) is 1. The maximum atomic E-state index is 10.8. The van der Waals surface area contributed by atoms with Crippen LogP contribution in [0.3, 0.4) is 0 Å². The molecule has 0 aliphatic heterocycles. The third-order valence-electron chi connectivity index (χ3n) is 2.53. The number of fused-ring (bicyclic) bond motifs is 1. The normalized spacial score (nSPS) is 12.9. The van der Waals surface area contributed by atoms with Crippen LogP contribution in [-0.4, -0.2) is 16.1 Å². The second-order valence-electron chi connectivity index (χ2n) is 3.50. The molecule has 0 saturated heterocycles. The van der Waals surface area contributed by atoms with E-state index in [4.69, 9.17) is 5.11 Å². The minimum Gasteiger partial charge on any atom is -0.481 e. The molecule has 0 saturated carbocycles. The van der Waals surface area contributed by atoms with Crippen molar-refractivity contribution in [3.8, 4) is 0 Å². The number of hydrogen-bond donors (Lipinski definition) is 2. The van der Waals surface area contributed by atoms with Crippen molar-refractivity contribution < 1.29 is 9.90 Å². The standard InChI is InChI=1S/C11H10BrNO2/c1-6(11(14)15)7-2-3-8-9(12)5-13-10(8)4-7/h2-6,13H,1H3,(H,14,15). The van der Waals surface area contributed by atoms with Gasteiger partial charge in [0.25, 0.3) is 0 Å². The van der Waals surface area contributed by atoms with E-state index in [9.17, 15) is 4.79 Å². The minimum absolute atomic E-state index is 0.475. The van der Waals surface area contributed by atoms with Gasteiger partial charge in [-0.1, -0.05) is 12.1 Å². The van der Waals surface area contributed by atoms with E-state index in [0.29, 0.717) is 0 Å². The summed E-state index contributed by atoms with van der Waals surface area (Å²) in [6.45, 7) is 1.68. The van der Waals surface area contributed by atoms with Gasteiger partial charge in [0, 0.05) is 21.6 Å². The lowest BCUT2D eigenvalue weighted by atomic mass is 10.0. The highest BCUT2D eigenvalue weighted by Crippen LogP contribution is 2.26. The summed E-state index contributed by atoms with van der Waals surface area (Å²) in [6.07, 6.45) is 1.85. The molecule has 1 heterocycles. The predicted octanol–water partition coefficient (Wildman–Crippen LogP) is 3.12. The molecule has 1 unspecified atom stereocenters. The molecule has 2 rings (SSSR count). The molecular formula is C11H10BrNO2. The first-order chi connectivity index (χ1) is 7.09. The van der Waals surface area contributed by atoms with Gasteiger partial charge in [0.1, 0.15) is 0 Å². The molecule has 15 heavy (non-hydrogen) atoms. The molecule has 1 atom stereocenters. The Hall–Kier alpha value is -1.29. The largest absolute Gasteiger partial charge is 0.481 e. The van der Waals surface area contributed by atoms with Crippen molar-refractivity contribution in [3.63, 3.8) is 0 Å². The summed E-state index contributed by atoms with van der Waals surface area (Å²) in [5, 5.41) is 9.96. The van der Waals surface area contributed by atoms with Crippen LogP contribution in [0.5, 0.6) is 0 Å². The van der Waals surface area contributed by atoms with Crippen molar-refractivity contribution >= 4 is 32.8 Å². The number of halogens is 1. The Balaban J connectivity index is 2.52. The van der Waals surface area contributed by atoms with E-state index in [0.717, 1.165) is 20.9 Å². The zero-order valence-electron chi connectivity index (χ0n) is 8.12. The lowest BCUT2D eigenvalue weighted by molar-refractivity contribution is -0.138. The SMILES string of the molecule is CC(C(=O)O)c1ccc2c(Br)c[nH]c2c1. The van der Waals surface area contributed by atoms with Gasteiger partial charge in [0.05, 0.1) is 5.92 Å². The van der Waals surface area contributed by atoms with Crippen LogP contribution in [-0.2, 0) is 4.79 Å². The second-order valence-corrected chi connectivity index (χ2v) is 4.36. The number of carbonyl (C=O) groups is 1. The third-order valence-corrected chi connectivity index (χ3v) is 3.18. The molecule has 1 aromatic heterocycles. The van der Waals surface area contributed by atoms with E-state index in [2.05, 4.69) is 20.9 Å². The van der Waals surface area contributed by atoms with Crippen molar-refractivity contribution in [1.82, 2.24) is 4.98 Å². The Kier molecular flexibility index (Phi) is 2.52. The monoisotopic (exact) mass is 267 g/mol. The smallest absolute Gasteiger partial charge is 0.310 e. The summed E-state index contributed by atoms with van der Waals surface area (Å²) in [4.78, 5) is 13.9. The average Bonchev–Trinajstić information content (AvgIpc) is 2.59. The quantitative estimate of drug-likeness (QED) is 0.879. The Morgan fingerprint density at radius 3 is 2.93 bits per heavy atom. The van der Waals surface area contributed by atoms with Crippen LogP contribution in [0.1, 0.15) is 18.4 Å². The number of H-pyrrole nitrogens is 1. The van der Waals surface area contributed by atoms with Crippen molar-refractivity contribution in [2.45, 2.75) is 12.8 Å². The first-order valence-corrected chi connectivity index (χ1v) is 5.38.